The van der Waals surface area contributed by atoms with E-state index in [1.54, 1.807) is 7.05 Å². The molecule has 0 aliphatic carbocycles. The van der Waals surface area contributed by atoms with Crippen LogP contribution < -0.4 is 5.32 Å². The first-order valence-corrected chi connectivity index (χ1v) is 3.90. The Morgan fingerprint density at radius 2 is 2.31 bits per heavy atom. The van der Waals surface area contributed by atoms with E-state index in [0.717, 1.165) is 11.5 Å². The Balaban J connectivity index is 3.07. The fraction of sp³-hybridized carbons (Fsp3) is 0.222. The molecule has 4 nitrogen and oxygen atoms in total. The number of aromatic nitrogens is 1. The van der Waals surface area contributed by atoms with Crippen LogP contribution >= 0.6 is 0 Å². The van der Waals surface area contributed by atoms with Gasteiger partial charge in [0.05, 0.1) is 0 Å². The summed E-state index contributed by atoms with van der Waals surface area (Å²) >= 11 is 0. The van der Waals surface area contributed by atoms with Gasteiger partial charge in [0.25, 0.3) is 0 Å². The molecule has 4 heteroatoms. The maximum absolute atomic E-state index is 4.26. The van der Waals surface area contributed by atoms with Crippen LogP contribution in [0.25, 0.3) is 0 Å². The molecule has 68 valence electrons. The van der Waals surface area contributed by atoms with Crippen LogP contribution in [0.3, 0.4) is 0 Å². The van der Waals surface area contributed by atoms with Crippen LogP contribution in [0.1, 0.15) is 5.69 Å². The molecular formula is C9H12N4. The number of nitrogens with one attached hydrogen (secondary N) is 1. The third-order valence-electron chi connectivity index (χ3n) is 1.60. The zero-order valence-corrected chi connectivity index (χ0v) is 7.78. The van der Waals surface area contributed by atoms with Crippen molar-refractivity contribution in [3.8, 4) is 0 Å². The summed E-state index contributed by atoms with van der Waals surface area (Å²) in [6, 6.07) is 5.61. The zero-order valence-electron chi connectivity index (χ0n) is 7.78. The summed E-state index contributed by atoms with van der Waals surface area (Å²) < 4.78 is 0. The first-order chi connectivity index (χ1) is 6.31. The predicted molar refractivity (Wildman–Crippen MR) is 55.8 cm³/mol. The standard InChI is InChI=1S/C9H12N4/c1-10-8-6-4-5-7(13-8)9(11-2)12-3/h4-6H,2H2,1,3H3,(H,10,13)/b12-9-. The van der Waals surface area contributed by atoms with Gasteiger partial charge in [0.1, 0.15) is 11.5 Å². The molecule has 0 saturated heterocycles. The third kappa shape index (κ3) is 2.11. The summed E-state index contributed by atoms with van der Waals surface area (Å²) in [5, 5.41) is 2.94. The number of aliphatic imine (C=N–C) groups is 2. The predicted octanol–water partition coefficient (Wildman–Crippen LogP) is 1.20. The van der Waals surface area contributed by atoms with E-state index in [2.05, 4.69) is 27.0 Å². The van der Waals surface area contributed by atoms with Crippen molar-refractivity contribution in [1.29, 1.82) is 0 Å². The largest absolute Gasteiger partial charge is 0.373 e. The topological polar surface area (TPSA) is 49.6 Å². The quantitative estimate of drug-likeness (QED) is 0.543. The van der Waals surface area contributed by atoms with Crippen LogP contribution in [0.2, 0.25) is 0 Å². The van der Waals surface area contributed by atoms with E-state index in [-0.39, 0.29) is 0 Å². The fourth-order valence-corrected chi connectivity index (χ4v) is 0.965. The van der Waals surface area contributed by atoms with Crippen molar-refractivity contribution >= 4 is 18.4 Å². The van der Waals surface area contributed by atoms with Crippen molar-refractivity contribution < 1.29 is 0 Å². The van der Waals surface area contributed by atoms with Crippen molar-refractivity contribution in [2.45, 2.75) is 0 Å². The molecule has 0 radical (unpaired) electrons. The Kier molecular flexibility index (Phi) is 3.14. The Bertz CT molecular complexity index is 330. The minimum atomic E-state index is 0.553. The summed E-state index contributed by atoms with van der Waals surface area (Å²) in [5.41, 5.74) is 0.726. The monoisotopic (exact) mass is 176 g/mol. The van der Waals surface area contributed by atoms with Crippen LogP contribution in [0.5, 0.6) is 0 Å². The molecule has 0 unspecified atom stereocenters. The van der Waals surface area contributed by atoms with Gasteiger partial charge in [-0.25, -0.2) is 9.98 Å². The molecule has 0 aromatic carbocycles. The molecule has 1 aromatic heterocycles. The zero-order chi connectivity index (χ0) is 9.68. The van der Waals surface area contributed by atoms with Crippen molar-refractivity contribution in [2.24, 2.45) is 9.98 Å². The van der Waals surface area contributed by atoms with E-state index < -0.39 is 0 Å². The molecule has 1 heterocycles. The van der Waals surface area contributed by atoms with Crippen LogP contribution in [0.15, 0.2) is 28.2 Å². The van der Waals surface area contributed by atoms with Gasteiger partial charge >= 0.3 is 0 Å². The summed E-state index contributed by atoms with van der Waals surface area (Å²) in [6.07, 6.45) is 0. The molecule has 0 atom stereocenters. The molecule has 0 aliphatic heterocycles. The number of anilines is 1. The van der Waals surface area contributed by atoms with Crippen LogP contribution in [0.4, 0.5) is 5.82 Å². The molecule has 1 aromatic rings. The van der Waals surface area contributed by atoms with Crippen molar-refractivity contribution in [2.75, 3.05) is 19.4 Å². The highest BCUT2D eigenvalue weighted by molar-refractivity contribution is 5.99. The van der Waals surface area contributed by atoms with Crippen LogP contribution in [-0.4, -0.2) is 31.6 Å². The Morgan fingerprint density at radius 1 is 1.54 bits per heavy atom. The number of hydrogen-bond acceptors (Lipinski definition) is 3. The Morgan fingerprint density at radius 3 is 2.85 bits per heavy atom. The minimum absolute atomic E-state index is 0.553. The first-order valence-electron chi connectivity index (χ1n) is 3.90. The van der Waals surface area contributed by atoms with Gasteiger partial charge in [0.2, 0.25) is 0 Å². The molecule has 0 saturated carbocycles. The lowest BCUT2D eigenvalue weighted by Crippen LogP contribution is -2.02. The van der Waals surface area contributed by atoms with E-state index in [1.165, 1.54) is 0 Å². The van der Waals surface area contributed by atoms with E-state index in [1.807, 2.05) is 25.2 Å². The van der Waals surface area contributed by atoms with E-state index in [0.29, 0.717) is 5.84 Å². The number of nitrogens with zero attached hydrogens (tertiary/aromatic N) is 3. The van der Waals surface area contributed by atoms with E-state index in [9.17, 15) is 0 Å². The lowest BCUT2D eigenvalue weighted by Gasteiger charge is -2.01. The van der Waals surface area contributed by atoms with Gasteiger partial charge in [0, 0.05) is 14.1 Å². The number of amidine groups is 1. The lowest BCUT2D eigenvalue weighted by atomic mass is 10.3. The molecule has 0 spiro atoms. The van der Waals surface area contributed by atoms with Gasteiger partial charge in [-0.15, -0.1) is 0 Å². The molecule has 0 fully saturated rings. The third-order valence-corrected chi connectivity index (χ3v) is 1.60. The maximum atomic E-state index is 4.26. The molecular weight excluding hydrogens is 164 g/mol. The molecule has 1 rings (SSSR count). The number of rotatable bonds is 2. The average Bonchev–Trinajstić information content (AvgIpc) is 2.20. The summed E-state index contributed by atoms with van der Waals surface area (Å²) in [6.45, 7) is 3.42. The fourth-order valence-electron chi connectivity index (χ4n) is 0.965. The first kappa shape index (κ1) is 9.38. The van der Waals surface area contributed by atoms with Gasteiger partial charge in [-0.05, 0) is 18.9 Å². The van der Waals surface area contributed by atoms with Gasteiger partial charge in [0.15, 0.2) is 5.84 Å². The van der Waals surface area contributed by atoms with Crippen molar-refractivity contribution in [3.05, 3.63) is 23.9 Å². The SMILES string of the molecule is C=N/C(=N\C)c1cccc(NC)n1. The second kappa shape index (κ2) is 4.35. The molecule has 1 N–H and O–H groups in total. The number of pyridine rings is 1. The molecule has 0 amide bonds. The highest BCUT2D eigenvalue weighted by Gasteiger charge is 2.01. The van der Waals surface area contributed by atoms with Gasteiger partial charge in [-0.1, -0.05) is 6.07 Å². The Hall–Kier alpha value is -1.71. The summed E-state index contributed by atoms with van der Waals surface area (Å²) in [7, 11) is 3.48. The van der Waals surface area contributed by atoms with Crippen LogP contribution in [-0.2, 0) is 0 Å². The minimum Gasteiger partial charge on any atom is -0.373 e. The summed E-state index contributed by atoms with van der Waals surface area (Å²) in [4.78, 5) is 12.0. The molecule has 0 bridgehead atoms. The molecule has 13 heavy (non-hydrogen) atoms. The normalized spacial score (nSPS) is 11.1. The number of hydrogen-bond donors (Lipinski definition) is 1. The maximum Gasteiger partial charge on any atom is 0.172 e. The van der Waals surface area contributed by atoms with Crippen molar-refractivity contribution in [1.82, 2.24) is 4.98 Å². The highest BCUT2D eigenvalue weighted by Crippen LogP contribution is 2.05. The lowest BCUT2D eigenvalue weighted by molar-refractivity contribution is 1.24. The Labute approximate surface area is 77.5 Å². The van der Waals surface area contributed by atoms with Gasteiger partial charge in [-0.3, -0.25) is 4.99 Å². The van der Waals surface area contributed by atoms with E-state index in [4.69, 9.17) is 0 Å². The van der Waals surface area contributed by atoms with Gasteiger partial charge < -0.3 is 5.32 Å². The van der Waals surface area contributed by atoms with Gasteiger partial charge in [-0.2, -0.15) is 0 Å². The van der Waals surface area contributed by atoms with Crippen molar-refractivity contribution in [3.63, 3.8) is 0 Å². The summed E-state index contributed by atoms with van der Waals surface area (Å²) in [5.74, 6) is 1.35. The van der Waals surface area contributed by atoms with E-state index >= 15 is 0 Å². The second-order valence-electron chi connectivity index (χ2n) is 2.36. The second-order valence-corrected chi connectivity index (χ2v) is 2.36. The van der Waals surface area contributed by atoms with Crippen LogP contribution in [0, 0.1) is 0 Å². The smallest absolute Gasteiger partial charge is 0.172 e. The average molecular weight is 176 g/mol. The molecule has 0 aliphatic rings. The highest BCUT2D eigenvalue weighted by atomic mass is 15.0.